The summed E-state index contributed by atoms with van der Waals surface area (Å²) >= 11 is 3.35. The molecule has 3 N–H and O–H groups in total. The minimum Gasteiger partial charge on any atom is -0.508 e. The van der Waals surface area contributed by atoms with Crippen LogP contribution in [0.25, 0.3) is 0 Å². The summed E-state index contributed by atoms with van der Waals surface area (Å²) in [7, 11) is 0. The Morgan fingerprint density at radius 3 is 2.78 bits per heavy atom. The van der Waals surface area contributed by atoms with E-state index in [-0.39, 0.29) is 18.1 Å². The molecule has 0 fully saturated rings. The fourth-order valence-electron chi connectivity index (χ4n) is 1.77. The van der Waals surface area contributed by atoms with Crippen molar-refractivity contribution < 1.29 is 19.7 Å². The van der Waals surface area contributed by atoms with Gasteiger partial charge in [-0.25, -0.2) is 5.43 Å². The molecule has 0 aliphatic carbocycles. The van der Waals surface area contributed by atoms with Gasteiger partial charge in [-0.3, -0.25) is 4.79 Å². The molecule has 0 saturated carbocycles. The fourth-order valence-corrected chi connectivity index (χ4v) is 2.24. The molecule has 0 aliphatic heterocycles. The SMILES string of the molecule is Cc1cc(Br)ccc1OCC(=O)N/N=C/c1ccc(O)cc1O. The van der Waals surface area contributed by atoms with Crippen LogP contribution < -0.4 is 10.2 Å². The molecule has 0 saturated heterocycles. The van der Waals surface area contributed by atoms with Crippen LogP contribution in [-0.2, 0) is 4.79 Å². The average molecular weight is 379 g/mol. The molecule has 0 aromatic heterocycles. The Kier molecular flexibility index (Phi) is 5.59. The number of phenols is 2. The molecule has 0 radical (unpaired) electrons. The van der Waals surface area contributed by atoms with Crippen molar-refractivity contribution in [1.82, 2.24) is 5.43 Å². The molecule has 23 heavy (non-hydrogen) atoms. The zero-order valence-corrected chi connectivity index (χ0v) is 13.9. The van der Waals surface area contributed by atoms with E-state index in [4.69, 9.17) is 4.74 Å². The lowest BCUT2D eigenvalue weighted by atomic mass is 10.2. The van der Waals surface area contributed by atoms with Gasteiger partial charge in [0.2, 0.25) is 0 Å². The van der Waals surface area contributed by atoms with Gasteiger partial charge in [-0.15, -0.1) is 0 Å². The van der Waals surface area contributed by atoms with Crippen molar-refractivity contribution in [2.24, 2.45) is 5.10 Å². The van der Waals surface area contributed by atoms with Crippen molar-refractivity contribution in [3.05, 3.63) is 52.0 Å². The van der Waals surface area contributed by atoms with E-state index in [1.54, 1.807) is 6.07 Å². The molecule has 0 unspecified atom stereocenters. The molecule has 0 aliphatic rings. The van der Waals surface area contributed by atoms with Crippen LogP contribution >= 0.6 is 15.9 Å². The van der Waals surface area contributed by atoms with Gasteiger partial charge in [0.05, 0.1) is 6.21 Å². The van der Waals surface area contributed by atoms with Crippen LogP contribution in [-0.4, -0.2) is 28.9 Å². The maximum absolute atomic E-state index is 11.7. The largest absolute Gasteiger partial charge is 0.508 e. The second-order valence-corrected chi connectivity index (χ2v) is 5.65. The van der Waals surface area contributed by atoms with Crippen molar-refractivity contribution in [1.29, 1.82) is 0 Å². The van der Waals surface area contributed by atoms with Gasteiger partial charge >= 0.3 is 0 Å². The molecule has 6 nitrogen and oxygen atoms in total. The van der Waals surface area contributed by atoms with E-state index in [1.807, 2.05) is 19.1 Å². The van der Waals surface area contributed by atoms with Gasteiger partial charge < -0.3 is 14.9 Å². The Morgan fingerprint density at radius 2 is 2.09 bits per heavy atom. The first-order valence-electron chi connectivity index (χ1n) is 6.68. The number of rotatable bonds is 5. The van der Waals surface area contributed by atoms with Gasteiger partial charge in [-0.2, -0.15) is 5.10 Å². The first-order chi connectivity index (χ1) is 11.0. The molecular weight excluding hydrogens is 364 g/mol. The van der Waals surface area contributed by atoms with Crippen LogP contribution in [0.2, 0.25) is 0 Å². The summed E-state index contributed by atoms with van der Waals surface area (Å²) in [6.45, 7) is 1.70. The summed E-state index contributed by atoms with van der Waals surface area (Å²) in [4.78, 5) is 11.7. The summed E-state index contributed by atoms with van der Waals surface area (Å²) in [5, 5.41) is 22.5. The molecule has 0 bridgehead atoms. The van der Waals surface area contributed by atoms with E-state index in [0.717, 1.165) is 10.0 Å². The highest BCUT2D eigenvalue weighted by Crippen LogP contribution is 2.22. The normalized spacial score (nSPS) is 10.7. The monoisotopic (exact) mass is 378 g/mol. The minimum absolute atomic E-state index is 0.0537. The molecule has 0 atom stereocenters. The maximum Gasteiger partial charge on any atom is 0.277 e. The first kappa shape index (κ1) is 16.8. The number of carbonyl (C=O) groups excluding carboxylic acids is 1. The summed E-state index contributed by atoms with van der Waals surface area (Å²) in [5.74, 6) is -0.00275. The molecule has 2 aromatic carbocycles. The first-order valence-corrected chi connectivity index (χ1v) is 7.48. The third-order valence-corrected chi connectivity index (χ3v) is 3.40. The van der Waals surface area contributed by atoms with E-state index < -0.39 is 5.91 Å². The Morgan fingerprint density at radius 1 is 1.30 bits per heavy atom. The number of phenolic OH excluding ortho intramolecular Hbond substituents is 2. The Labute approximate surface area is 141 Å². The highest BCUT2D eigenvalue weighted by atomic mass is 79.9. The number of ether oxygens (including phenoxy) is 1. The Bertz CT molecular complexity index is 747. The van der Waals surface area contributed by atoms with Crippen LogP contribution in [0.1, 0.15) is 11.1 Å². The average Bonchev–Trinajstić information content (AvgIpc) is 2.48. The zero-order chi connectivity index (χ0) is 16.8. The molecule has 120 valence electrons. The number of hydrogen-bond acceptors (Lipinski definition) is 5. The predicted octanol–water partition coefficient (Wildman–Crippen LogP) is 2.70. The third kappa shape index (κ3) is 5.00. The summed E-state index contributed by atoms with van der Waals surface area (Å²) < 4.78 is 6.34. The number of hydrazone groups is 1. The van der Waals surface area contributed by atoms with E-state index in [9.17, 15) is 15.0 Å². The molecule has 2 aromatic rings. The highest BCUT2D eigenvalue weighted by Gasteiger charge is 2.05. The van der Waals surface area contributed by atoms with Gasteiger partial charge in [0.15, 0.2) is 6.61 Å². The molecular formula is C16H15BrN2O4. The highest BCUT2D eigenvalue weighted by molar-refractivity contribution is 9.10. The second kappa shape index (κ2) is 7.64. The van der Waals surface area contributed by atoms with Crippen LogP contribution in [0, 0.1) is 6.92 Å². The Balaban J connectivity index is 1.86. The summed E-state index contributed by atoms with van der Waals surface area (Å²) in [6, 6.07) is 9.54. The maximum atomic E-state index is 11.7. The number of carbonyl (C=O) groups is 1. The number of hydrogen-bond donors (Lipinski definition) is 3. The van der Waals surface area contributed by atoms with Crippen LogP contribution in [0.5, 0.6) is 17.2 Å². The van der Waals surface area contributed by atoms with Crippen molar-refractivity contribution in [2.45, 2.75) is 6.92 Å². The second-order valence-electron chi connectivity index (χ2n) is 4.73. The topological polar surface area (TPSA) is 91.2 Å². The molecule has 0 spiro atoms. The summed E-state index contributed by atoms with van der Waals surface area (Å²) in [5.41, 5.74) is 3.57. The lowest BCUT2D eigenvalue weighted by molar-refractivity contribution is -0.123. The lowest BCUT2D eigenvalue weighted by Gasteiger charge is -2.08. The van der Waals surface area contributed by atoms with E-state index in [0.29, 0.717) is 11.3 Å². The van der Waals surface area contributed by atoms with Crippen molar-refractivity contribution in [2.75, 3.05) is 6.61 Å². The fraction of sp³-hybridized carbons (Fsp3) is 0.125. The van der Waals surface area contributed by atoms with Gasteiger partial charge in [-0.1, -0.05) is 15.9 Å². The van der Waals surface area contributed by atoms with Gasteiger partial charge in [0.25, 0.3) is 5.91 Å². The number of halogens is 1. The van der Waals surface area contributed by atoms with Crippen LogP contribution in [0.3, 0.4) is 0 Å². The van der Waals surface area contributed by atoms with E-state index in [1.165, 1.54) is 24.4 Å². The minimum atomic E-state index is -0.429. The molecule has 0 heterocycles. The number of amides is 1. The number of nitrogens with zero attached hydrogens (tertiary/aromatic N) is 1. The smallest absolute Gasteiger partial charge is 0.277 e. The predicted molar refractivity (Wildman–Crippen MR) is 89.9 cm³/mol. The van der Waals surface area contributed by atoms with Gasteiger partial charge in [0, 0.05) is 16.1 Å². The van der Waals surface area contributed by atoms with Crippen LogP contribution in [0.4, 0.5) is 0 Å². The number of aromatic hydroxyl groups is 2. The van der Waals surface area contributed by atoms with E-state index in [2.05, 4.69) is 26.5 Å². The molecule has 7 heteroatoms. The quantitative estimate of drug-likeness (QED) is 0.550. The summed E-state index contributed by atoms with van der Waals surface area (Å²) in [6.07, 6.45) is 1.28. The standard InChI is InChI=1S/C16H15BrN2O4/c1-10-6-12(17)3-5-15(10)23-9-16(22)19-18-8-11-2-4-13(20)7-14(11)21/h2-8,20-21H,9H2,1H3,(H,19,22)/b18-8+. The lowest BCUT2D eigenvalue weighted by Crippen LogP contribution is -2.24. The van der Waals surface area contributed by atoms with Crippen molar-refractivity contribution in [3.63, 3.8) is 0 Å². The van der Waals surface area contributed by atoms with Crippen LogP contribution in [0.15, 0.2) is 46.0 Å². The third-order valence-electron chi connectivity index (χ3n) is 2.90. The molecule has 1 amide bonds. The van der Waals surface area contributed by atoms with E-state index >= 15 is 0 Å². The number of nitrogens with one attached hydrogen (secondary N) is 1. The zero-order valence-electron chi connectivity index (χ0n) is 12.3. The van der Waals surface area contributed by atoms with Gasteiger partial charge in [-0.05, 0) is 42.8 Å². The van der Waals surface area contributed by atoms with Crippen molar-refractivity contribution in [3.8, 4) is 17.2 Å². The Hall–Kier alpha value is -2.54. The van der Waals surface area contributed by atoms with Crippen molar-refractivity contribution >= 4 is 28.1 Å². The molecule has 2 rings (SSSR count). The number of aryl methyl sites for hydroxylation is 1. The number of benzene rings is 2. The van der Waals surface area contributed by atoms with Gasteiger partial charge in [0.1, 0.15) is 17.2 Å².